The first-order chi connectivity index (χ1) is 8.65. The van der Waals surface area contributed by atoms with Gasteiger partial charge in [-0.25, -0.2) is 23.5 Å². The molecule has 0 saturated carbocycles. The maximum absolute atomic E-state index is 14.0. The van der Waals surface area contributed by atoms with E-state index in [0.717, 1.165) is 13.4 Å². The molecule has 0 aliphatic rings. The number of ether oxygens (including phenoxy) is 1. The molecule has 2 aromatic rings. The fraction of sp³-hybridized carbons (Fsp3) is 0.0833. The van der Waals surface area contributed by atoms with Gasteiger partial charge in [0.25, 0.3) is 0 Å². The first-order valence-corrected chi connectivity index (χ1v) is 4.99. The molecule has 92 valence electrons. The molecule has 0 amide bonds. The molecule has 0 N–H and O–H groups in total. The van der Waals surface area contributed by atoms with Gasteiger partial charge in [0.05, 0.1) is 7.11 Å². The standard InChI is InChI=1S/C12H8F2N2O2/c1-18-12(17)11-9(14)10(15-6-16-11)7-4-2-3-5-8(7)13/h2-6H,1H3. The zero-order valence-electron chi connectivity index (χ0n) is 9.35. The molecular weight excluding hydrogens is 242 g/mol. The monoisotopic (exact) mass is 250 g/mol. The number of aromatic nitrogens is 2. The topological polar surface area (TPSA) is 52.1 Å². The second-order valence-electron chi connectivity index (χ2n) is 3.36. The number of hydrogen-bond donors (Lipinski definition) is 0. The lowest BCUT2D eigenvalue weighted by Crippen LogP contribution is -2.09. The molecule has 0 atom stereocenters. The van der Waals surface area contributed by atoms with E-state index in [2.05, 4.69) is 14.7 Å². The Bertz CT molecular complexity index is 602. The van der Waals surface area contributed by atoms with E-state index >= 15 is 0 Å². The lowest BCUT2D eigenvalue weighted by Gasteiger charge is -2.06. The third-order valence-corrected chi connectivity index (χ3v) is 2.30. The second-order valence-corrected chi connectivity index (χ2v) is 3.36. The Hall–Kier alpha value is -2.37. The van der Waals surface area contributed by atoms with Crippen LogP contribution in [-0.4, -0.2) is 23.0 Å². The Morgan fingerprint density at radius 2 is 1.94 bits per heavy atom. The summed E-state index contributed by atoms with van der Waals surface area (Å²) in [5, 5.41) is 0. The van der Waals surface area contributed by atoms with Crippen LogP contribution in [0.25, 0.3) is 11.3 Å². The summed E-state index contributed by atoms with van der Waals surface area (Å²) >= 11 is 0. The SMILES string of the molecule is COC(=O)c1ncnc(-c2ccccc2F)c1F. The van der Waals surface area contributed by atoms with Crippen LogP contribution in [-0.2, 0) is 4.74 Å². The molecular formula is C12H8F2N2O2. The smallest absolute Gasteiger partial charge is 0.359 e. The molecule has 2 rings (SSSR count). The van der Waals surface area contributed by atoms with Crippen LogP contribution < -0.4 is 0 Å². The van der Waals surface area contributed by atoms with Crippen molar-refractivity contribution in [2.75, 3.05) is 7.11 Å². The molecule has 0 aliphatic heterocycles. The van der Waals surface area contributed by atoms with Crippen LogP contribution in [0.5, 0.6) is 0 Å². The van der Waals surface area contributed by atoms with Crippen LogP contribution in [0.3, 0.4) is 0 Å². The van der Waals surface area contributed by atoms with Crippen LogP contribution in [0.1, 0.15) is 10.5 Å². The van der Waals surface area contributed by atoms with Gasteiger partial charge in [-0.05, 0) is 12.1 Å². The quantitative estimate of drug-likeness (QED) is 0.767. The van der Waals surface area contributed by atoms with Crippen molar-refractivity contribution in [1.29, 1.82) is 0 Å². The average molecular weight is 250 g/mol. The largest absolute Gasteiger partial charge is 0.464 e. The van der Waals surface area contributed by atoms with Crippen molar-refractivity contribution in [3.8, 4) is 11.3 Å². The van der Waals surface area contributed by atoms with Crippen LogP contribution in [0.2, 0.25) is 0 Å². The van der Waals surface area contributed by atoms with E-state index in [0.29, 0.717) is 0 Å². The molecule has 18 heavy (non-hydrogen) atoms. The van der Waals surface area contributed by atoms with Gasteiger partial charge in [0, 0.05) is 5.56 Å². The highest BCUT2D eigenvalue weighted by Gasteiger charge is 2.20. The number of carbonyl (C=O) groups excluding carboxylic acids is 1. The zero-order valence-corrected chi connectivity index (χ0v) is 9.35. The van der Waals surface area contributed by atoms with Crippen molar-refractivity contribution in [3.05, 3.63) is 47.9 Å². The fourth-order valence-corrected chi connectivity index (χ4v) is 1.45. The average Bonchev–Trinajstić information content (AvgIpc) is 2.39. The van der Waals surface area contributed by atoms with Gasteiger partial charge >= 0.3 is 5.97 Å². The molecule has 0 bridgehead atoms. The van der Waals surface area contributed by atoms with Crippen molar-refractivity contribution in [2.24, 2.45) is 0 Å². The maximum atomic E-state index is 14.0. The molecule has 0 radical (unpaired) electrons. The highest BCUT2D eigenvalue weighted by atomic mass is 19.1. The number of benzene rings is 1. The van der Waals surface area contributed by atoms with Gasteiger partial charge in [-0.1, -0.05) is 12.1 Å². The number of carbonyl (C=O) groups is 1. The summed E-state index contributed by atoms with van der Waals surface area (Å²) in [5.74, 6) is -2.58. The summed E-state index contributed by atoms with van der Waals surface area (Å²) in [6.07, 6.45) is 0.983. The van der Waals surface area contributed by atoms with Crippen molar-refractivity contribution in [3.63, 3.8) is 0 Å². The first kappa shape index (κ1) is 12.1. The second kappa shape index (κ2) is 4.87. The van der Waals surface area contributed by atoms with Crippen molar-refractivity contribution >= 4 is 5.97 Å². The van der Waals surface area contributed by atoms with Gasteiger partial charge in [0.15, 0.2) is 11.5 Å². The van der Waals surface area contributed by atoms with E-state index in [1.54, 1.807) is 0 Å². The molecule has 1 heterocycles. The molecule has 4 nitrogen and oxygen atoms in total. The third-order valence-electron chi connectivity index (χ3n) is 2.30. The fourth-order valence-electron chi connectivity index (χ4n) is 1.45. The molecule has 0 fully saturated rings. The normalized spacial score (nSPS) is 10.2. The van der Waals surface area contributed by atoms with E-state index in [-0.39, 0.29) is 11.3 Å². The van der Waals surface area contributed by atoms with Crippen LogP contribution in [0.15, 0.2) is 30.6 Å². The van der Waals surface area contributed by atoms with Gasteiger partial charge in [0.2, 0.25) is 0 Å². The Labute approximate surface area is 101 Å². The van der Waals surface area contributed by atoms with E-state index < -0.39 is 23.3 Å². The van der Waals surface area contributed by atoms with E-state index in [4.69, 9.17) is 0 Å². The lowest BCUT2D eigenvalue weighted by molar-refractivity contribution is 0.0588. The Kier molecular flexibility index (Phi) is 3.27. The Morgan fingerprint density at radius 1 is 1.22 bits per heavy atom. The minimum atomic E-state index is -1.01. The number of esters is 1. The minimum Gasteiger partial charge on any atom is -0.464 e. The molecule has 0 spiro atoms. The van der Waals surface area contributed by atoms with Gasteiger partial charge in [0.1, 0.15) is 17.8 Å². The van der Waals surface area contributed by atoms with E-state index in [9.17, 15) is 13.6 Å². The molecule has 1 aromatic carbocycles. The van der Waals surface area contributed by atoms with Gasteiger partial charge in [-0.3, -0.25) is 0 Å². The highest BCUT2D eigenvalue weighted by Crippen LogP contribution is 2.24. The summed E-state index contributed by atoms with van der Waals surface area (Å²) in [7, 11) is 1.10. The summed E-state index contributed by atoms with van der Waals surface area (Å²) < 4.78 is 31.9. The number of methoxy groups -OCH3 is 1. The predicted molar refractivity (Wildman–Crippen MR) is 58.7 cm³/mol. The van der Waals surface area contributed by atoms with Gasteiger partial charge < -0.3 is 4.74 Å². The van der Waals surface area contributed by atoms with Gasteiger partial charge in [-0.15, -0.1) is 0 Å². The highest BCUT2D eigenvalue weighted by molar-refractivity contribution is 5.88. The molecule has 1 aromatic heterocycles. The molecule has 0 saturated heterocycles. The number of halogens is 2. The van der Waals surface area contributed by atoms with Crippen molar-refractivity contribution < 1.29 is 18.3 Å². The molecule has 6 heteroatoms. The summed E-state index contributed by atoms with van der Waals surface area (Å²) in [4.78, 5) is 18.4. The van der Waals surface area contributed by atoms with Crippen molar-refractivity contribution in [2.45, 2.75) is 0 Å². The first-order valence-electron chi connectivity index (χ1n) is 4.99. The molecule has 0 unspecified atom stereocenters. The summed E-state index contributed by atoms with van der Waals surface area (Å²) in [6.45, 7) is 0. The Morgan fingerprint density at radius 3 is 2.61 bits per heavy atom. The summed E-state index contributed by atoms with van der Waals surface area (Å²) in [5.41, 5.74) is -0.836. The van der Waals surface area contributed by atoms with Crippen molar-refractivity contribution in [1.82, 2.24) is 9.97 Å². The maximum Gasteiger partial charge on any atom is 0.359 e. The zero-order chi connectivity index (χ0) is 13.1. The van der Waals surface area contributed by atoms with E-state index in [1.165, 1.54) is 24.3 Å². The number of hydrogen-bond acceptors (Lipinski definition) is 4. The van der Waals surface area contributed by atoms with Crippen LogP contribution in [0, 0.1) is 11.6 Å². The minimum absolute atomic E-state index is 0.0393. The van der Waals surface area contributed by atoms with E-state index in [1.807, 2.05) is 0 Å². The van der Waals surface area contributed by atoms with Crippen LogP contribution >= 0.6 is 0 Å². The predicted octanol–water partition coefficient (Wildman–Crippen LogP) is 2.21. The molecule has 0 aliphatic carbocycles. The lowest BCUT2D eigenvalue weighted by atomic mass is 10.1. The Balaban J connectivity index is 2.60. The van der Waals surface area contributed by atoms with Crippen LogP contribution in [0.4, 0.5) is 8.78 Å². The third kappa shape index (κ3) is 2.04. The summed E-state index contributed by atoms with van der Waals surface area (Å²) in [6, 6.07) is 5.55. The number of rotatable bonds is 2. The van der Waals surface area contributed by atoms with Gasteiger partial charge in [-0.2, -0.15) is 0 Å². The number of nitrogens with zero attached hydrogens (tertiary/aromatic N) is 2.